The van der Waals surface area contributed by atoms with Crippen molar-refractivity contribution in [3.8, 4) is 0 Å². The van der Waals surface area contributed by atoms with E-state index in [0.29, 0.717) is 17.3 Å². The highest BCUT2D eigenvalue weighted by atomic mass is 32.1. The third-order valence-electron chi connectivity index (χ3n) is 2.83. The van der Waals surface area contributed by atoms with Crippen molar-refractivity contribution in [2.45, 2.75) is 32.4 Å². The van der Waals surface area contributed by atoms with E-state index in [1.54, 1.807) is 18.4 Å². The van der Waals surface area contributed by atoms with E-state index in [0.717, 1.165) is 0 Å². The first kappa shape index (κ1) is 15.5. The van der Waals surface area contributed by atoms with Crippen LogP contribution in [0.5, 0.6) is 0 Å². The van der Waals surface area contributed by atoms with Crippen molar-refractivity contribution in [3.05, 3.63) is 21.9 Å². The summed E-state index contributed by atoms with van der Waals surface area (Å²) in [5, 5.41) is 4.04. The van der Waals surface area contributed by atoms with Crippen LogP contribution < -0.4 is 5.56 Å². The molecule has 114 valence electrons. The average Bonchev–Trinajstić information content (AvgIpc) is 2.81. The summed E-state index contributed by atoms with van der Waals surface area (Å²) in [4.78, 5) is 27.2. The van der Waals surface area contributed by atoms with Crippen LogP contribution in [0.3, 0.4) is 0 Å². The summed E-state index contributed by atoms with van der Waals surface area (Å²) in [7, 11) is 0. The Morgan fingerprint density at radius 1 is 1.33 bits per heavy atom. The zero-order valence-corrected chi connectivity index (χ0v) is 12.9. The maximum absolute atomic E-state index is 12.0. The van der Waals surface area contributed by atoms with Gasteiger partial charge in [0.1, 0.15) is 19.2 Å². The van der Waals surface area contributed by atoms with E-state index in [9.17, 15) is 9.59 Å². The Kier molecular flexibility index (Phi) is 4.63. The zero-order chi connectivity index (χ0) is 15.6. The number of carbonyl (C=O) groups is 1. The number of nitrogens with zero attached hydrogens (tertiary/aromatic N) is 4. The van der Waals surface area contributed by atoms with Crippen molar-refractivity contribution in [1.29, 1.82) is 0 Å². The quantitative estimate of drug-likeness (QED) is 0.486. The number of esters is 1. The molecule has 0 amide bonds. The Hall–Kier alpha value is -1.87. The highest BCUT2D eigenvalue weighted by Crippen LogP contribution is 2.11. The van der Waals surface area contributed by atoms with E-state index in [-0.39, 0.29) is 36.4 Å². The van der Waals surface area contributed by atoms with E-state index in [4.69, 9.17) is 9.47 Å². The predicted molar refractivity (Wildman–Crippen MR) is 76.6 cm³/mol. The molecule has 0 aliphatic rings. The van der Waals surface area contributed by atoms with E-state index in [2.05, 4.69) is 22.7 Å². The Bertz CT molecular complexity index is 737. The SMILES string of the molecule is CC(=O)OCCOCn1c(C)c(S)c(=O)n2nc(C)nc12. The van der Waals surface area contributed by atoms with Crippen LogP contribution in [0.25, 0.3) is 5.78 Å². The molecule has 0 N–H and O–H groups in total. The molecule has 0 fully saturated rings. The highest BCUT2D eigenvalue weighted by Gasteiger charge is 2.14. The molecular weight excluding hydrogens is 296 g/mol. The van der Waals surface area contributed by atoms with Gasteiger partial charge in [0.15, 0.2) is 0 Å². The fourth-order valence-corrected chi connectivity index (χ4v) is 2.02. The molecule has 0 bridgehead atoms. The maximum Gasteiger partial charge on any atom is 0.302 e. The van der Waals surface area contributed by atoms with Crippen LogP contribution in [0.15, 0.2) is 9.69 Å². The highest BCUT2D eigenvalue weighted by molar-refractivity contribution is 7.80. The molecule has 0 saturated carbocycles. The van der Waals surface area contributed by atoms with Gasteiger partial charge in [-0.1, -0.05) is 0 Å². The molecule has 21 heavy (non-hydrogen) atoms. The normalized spacial score (nSPS) is 11.0. The molecule has 2 heterocycles. The van der Waals surface area contributed by atoms with Gasteiger partial charge >= 0.3 is 5.97 Å². The lowest BCUT2D eigenvalue weighted by Crippen LogP contribution is -2.24. The van der Waals surface area contributed by atoms with Crippen molar-refractivity contribution in [2.75, 3.05) is 13.2 Å². The zero-order valence-electron chi connectivity index (χ0n) is 12.0. The average molecular weight is 312 g/mol. The van der Waals surface area contributed by atoms with Crippen LogP contribution in [-0.4, -0.2) is 38.3 Å². The minimum atomic E-state index is -0.355. The molecule has 2 aromatic rings. The predicted octanol–water partition coefficient (Wildman–Crippen LogP) is 0.334. The topological polar surface area (TPSA) is 87.7 Å². The monoisotopic (exact) mass is 312 g/mol. The molecule has 0 aliphatic heterocycles. The maximum atomic E-state index is 12.0. The van der Waals surface area contributed by atoms with Gasteiger partial charge in [0.25, 0.3) is 5.56 Å². The van der Waals surface area contributed by atoms with Crippen LogP contribution in [0, 0.1) is 13.8 Å². The summed E-state index contributed by atoms with van der Waals surface area (Å²) in [6.45, 7) is 5.36. The molecule has 2 aromatic heterocycles. The van der Waals surface area contributed by atoms with E-state index in [1.807, 2.05) is 0 Å². The van der Waals surface area contributed by atoms with Crippen molar-refractivity contribution in [2.24, 2.45) is 0 Å². The number of fused-ring (bicyclic) bond motifs is 1. The minimum Gasteiger partial charge on any atom is -0.463 e. The molecule has 0 saturated heterocycles. The Labute approximate surface area is 126 Å². The molecule has 0 radical (unpaired) electrons. The van der Waals surface area contributed by atoms with Gasteiger partial charge in [0.05, 0.1) is 11.5 Å². The van der Waals surface area contributed by atoms with Crippen molar-refractivity contribution >= 4 is 24.4 Å². The van der Waals surface area contributed by atoms with E-state index >= 15 is 0 Å². The Balaban J connectivity index is 2.23. The smallest absolute Gasteiger partial charge is 0.302 e. The summed E-state index contributed by atoms with van der Waals surface area (Å²) in [5.41, 5.74) is 0.318. The summed E-state index contributed by atoms with van der Waals surface area (Å²) >= 11 is 4.21. The molecule has 0 aromatic carbocycles. The second kappa shape index (κ2) is 6.27. The molecule has 8 nitrogen and oxygen atoms in total. The number of hydrogen-bond donors (Lipinski definition) is 1. The van der Waals surface area contributed by atoms with Gasteiger partial charge < -0.3 is 9.47 Å². The van der Waals surface area contributed by atoms with Crippen LogP contribution in [0.2, 0.25) is 0 Å². The summed E-state index contributed by atoms with van der Waals surface area (Å²) in [5.74, 6) is 0.519. The number of hydrogen-bond acceptors (Lipinski definition) is 7. The van der Waals surface area contributed by atoms with Crippen LogP contribution in [0.1, 0.15) is 18.4 Å². The van der Waals surface area contributed by atoms with Gasteiger partial charge in [-0.25, -0.2) is 0 Å². The van der Waals surface area contributed by atoms with Gasteiger partial charge in [-0.05, 0) is 13.8 Å². The summed E-state index contributed by atoms with van der Waals surface area (Å²) < 4.78 is 13.1. The Morgan fingerprint density at radius 3 is 2.71 bits per heavy atom. The number of thiol groups is 1. The summed E-state index contributed by atoms with van der Waals surface area (Å²) in [6.07, 6.45) is 0. The van der Waals surface area contributed by atoms with Crippen molar-refractivity contribution < 1.29 is 14.3 Å². The second-order valence-corrected chi connectivity index (χ2v) is 4.86. The Morgan fingerprint density at radius 2 is 2.05 bits per heavy atom. The third kappa shape index (κ3) is 3.24. The number of aryl methyl sites for hydroxylation is 1. The van der Waals surface area contributed by atoms with Gasteiger partial charge in [0, 0.05) is 12.6 Å². The first-order chi connectivity index (χ1) is 9.91. The number of aromatic nitrogens is 4. The van der Waals surface area contributed by atoms with Crippen LogP contribution >= 0.6 is 12.6 Å². The lowest BCUT2D eigenvalue weighted by Gasteiger charge is -2.13. The third-order valence-corrected chi connectivity index (χ3v) is 3.35. The molecule has 0 atom stereocenters. The van der Waals surface area contributed by atoms with Gasteiger partial charge in [0.2, 0.25) is 5.78 Å². The standard InChI is InChI=1S/C12H16N4O4S/c1-7-10(21)11(18)16-12(13-8(2)14-16)15(7)6-19-4-5-20-9(3)17/h21H,4-6H2,1-3H3. The first-order valence-electron chi connectivity index (χ1n) is 6.28. The van der Waals surface area contributed by atoms with Gasteiger partial charge in [-0.15, -0.1) is 17.7 Å². The van der Waals surface area contributed by atoms with Gasteiger partial charge in [-0.3, -0.25) is 14.2 Å². The largest absolute Gasteiger partial charge is 0.463 e. The van der Waals surface area contributed by atoms with Crippen LogP contribution in [-0.2, 0) is 21.0 Å². The van der Waals surface area contributed by atoms with Crippen molar-refractivity contribution in [3.63, 3.8) is 0 Å². The first-order valence-corrected chi connectivity index (χ1v) is 6.73. The number of ether oxygens (including phenoxy) is 2. The summed E-state index contributed by atoms with van der Waals surface area (Å²) in [6, 6.07) is 0. The fourth-order valence-electron chi connectivity index (χ4n) is 1.80. The second-order valence-electron chi connectivity index (χ2n) is 4.42. The lowest BCUT2D eigenvalue weighted by atomic mass is 10.4. The molecule has 0 unspecified atom stereocenters. The lowest BCUT2D eigenvalue weighted by molar-refractivity contribution is -0.142. The molecule has 0 spiro atoms. The fraction of sp³-hybridized carbons (Fsp3) is 0.500. The van der Waals surface area contributed by atoms with Crippen LogP contribution in [0.4, 0.5) is 0 Å². The molecule has 9 heteroatoms. The van der Waals surface area contributed by atoms with Crippen molar-refractivity contribution in [1.82, 2.24) is 19.2 Å². The minimum absolute atomic E-state index is 0.155. The van der Waals surface area contributed by atoms with E-state index in [1.165, 1.54) is 11.4 Å². The number of carbonyl (C=O) groups excluding carboxylic acids is 1. The van der Waals surface area contributed by atoms with E-state index < -0.39 is 0 Å². The van der Waals surface area contributed by atoms with Gasteiger partial charge in [-0.2, -0.15) is 9.50 Å². The molecule has 2 rings (SSSR count). The molecular formula is C12H16N4O4S. The molecule has 0 aliphatic carbocycles. The number of rotatable bonds is 5.